The Morgan fingerprint density at radius 3 is 2.79 bits per heavy atom. The number of benzene rings is 2. The number of nitrogens with one attached hydrogen (secondary N) is 1. The van der Waals surface area contributed by atoms with Crippen LogP contribution in [0.4, 0.5) is 10.1 Å². The van der Waals surface area contributed by atoms with Crippen LogP contribution in [0.2, 0.25) is 0 Å². The molecule has 4 nitrogen and oxygen atoms in total. The summed E-state index contributed by atoms with van der Waals surface area (Å²) in [5.41, 5.74) is 1.81. The molecule has 1 atom stereocenters. The Balaban J connectivity index is 1.62. The molecule has 3 rings (SSSR count). The van der Waals surface area contributed by atoms with E-state index in [9.17, 15) is 9.50 Å². The molecule has 1 saturated heterocycles. The molecule has 2 aromatic carbocycles. The van der Waals surface area contributed by atoms with E-state index in [1.54, 1.807) is 31.4 Å². The number of anilines is 1. The van der Waals surface area contributed by atoms with Crippen LogP contribution in [0, 0.1) is 5.82 Å². The van der Waals surface area contributed by atoms with Gasteiger partial charge < -0.3 is 15.2 Å². The summed E-state index contributed by atoms with van der Waals surface area (Å²) < 4.78 is 18.2. The zero-order valence-electron chi connectivity index (χ0n) is 13.8. The van der Waals surface area contributed by atoms with Crippen LogP contribution in [0.25, 0.3) is 0 Å². The van der Waals surface area contributed by atoms with E-state index in [1.807, 2.05) is 6.07 Å². The molecule has 1 heterocycles. The van der Waals surface area contributed by atoms with Gasteiger partial charge in [0.2, 0.25) is 0 Å². The van der Waals surface area contributed by atoms with Crippen LogP contribution >= 0.6 is 0 Å². The summed E-state index contributed by atoms with van der Waals surface area (Å²) in [6, 6.07) is 12.1. The highest BCUT2D eigenvalue weighted by Gasteiger charge is 2.20. The van der Waals surface area contributed by atoms with Crippen LogP contribution in [-0.4, -0.2) is 36.2 Å². The summed E-state index contributed by atoms with van der Waals surface area (Å²) in [4.78, 5) is 2.32. The van der Waals surface area contributed by atoms with Gasteiger partial charge in [-0.15, -0.1) is 0 Å². The number of hydrogen-bond donors (Lipinski definition) is 2. The average molecular weight is 330 g/mol. The first-order valence-electron chi connectivity index (χ1n) is 8.24. The van der Waals surface area contributed by atoms with Crippen LogP contribution in [0.5, 0.6) is 11.5 Å². The van der Waals surface area contributed by atoms with Crippen molar-refractivity contribution in [3.63, 3.8) is 0 Å². The highest BCUT2D eigenvalue weighted by molar-refractivity contribution is 5.44. The van der Waals surface area contributed by atoms with Crippen LogP contribution in [0.3, 0.4) is 0 Å². The van der Waals surface area contributed by atoms with Crippen molar-refractivity contribution in [2.24, 2.45) is 0 Å². The number of aromatic hydroxyl groups is 1. The molecule has 0 aliphatic carbocycles. The van der Waals surface area contributed by atoms with Gasteiger partial charge in [0, 0.05) is 30.4 Å². The van der Waals surface area contributed by atoms with Gasteiger partial charge in [-0.3, -0.25) is 4.90 Å². The summed E-state index contributed by atoms with van der Waals surface area (Å²) in [6.45, 7) is 2.57. The second-order valence-corrected chi connectivity index (χ2v) is 6.22. The molecule has 0 bridgehead atoms. The topological polar surface area (TPSA) is 44.7 Å². The number of likely N-dealkylation sites (tertiary alicyclic amines) is 1. The molecule has 5 heteroatoms. The van der Waals surface area contributed by atoms with Crippen molar-refractivity contribution in [1.29, 1.82) is 0 Å². The molecule has 2 aromatic rings. The number of rotatable bonds is 5. The largest absolute Gasteiger partial charge is 0.508 e. The third-order valence-corrected chi connectivity index (χ3v) is 4.40. The van der Waals surface area contributed by atoms with E-state index in [1.165, 1.54) is 12.1 Å². The Morgan fingerprint density at radius 2 is 2.04 bits per heavy atom. The maximum absolute atomic E-state index is 13.0. The van der Waals surface area contributed by atoms with Crippen molar-refractivity contribution < 1.29 is 14.2 Å². The number of methoxy groups -OCH3 is 1. The third-order valence-electron chi connectivity index (χ3n) is 4.40. The minimum Gasteiger partial charge on any atom is -0.508 e. The lowest BCUT2D eigenvalue weighted by Crippen LogP contribution is -2.41. The second-order valence-electron chi connectivity index (χ2n) is 6.22. The first-order chi connectivity index (χ1) is 11.6. The zero-order chi connectivity index (χ0) is 16.9. The van der Waals surface area contributed by atoms with Crippen molar-refractivity contribution in [3.05, 3.63) is 53.8 Å². The fourth-order valence-electron chi connectivity index (χ4n) is 3.16. The summed E-state index contributed by atoms with van der Waals surface area (Å²) in [5, 5.41) is 13.5. The summed E-state index contributed by atoms with van der Waals surface area (Å²) >= 11 is 0. The van der Waals surface area contributed by atoms with Gasteiger partial charge >= 0.3 is 0 Å². The summed E-state index contributed by atoms with van der Waals surface area (Å²) in [7, 11) is 1.62. The highest BCUT2D eigenvalue weighted by atomic mass is 19.1. The number of phenolic OH excluding ortho intramolecular Hbond substituents is 1. The molecule has 1 fully saturated rings. The zero-order valence-corrected chi connectivity index (χ0v) is 13.8. The molecule has 128 valence electrons. The molecular formula is C19H23FN2O2. The number of phenols is 1. The SMILES string of the molecule is COc1ccc(O)c(CN2CCC[C@H](Nc3ccc(F)cc3)C2)c1. The molecule has 0 aromatic heterocycles. The molecule has 2 N–H and O–H groups in total. The molecule has 0 unspecified atom stereocenters. The lowest BCUT2D eigenvalue weighted by Gasteiger charge is -2.33. The van der Waals surface area contributed by atoms with Gasteiger partial charge in [0.1, 0.15) is 17.3 Å². The van der Waals surface area contributed by atoms with Gasteiger partial charge in [0.25, 0.3) is 0 Å². The van der Waals surface area contributed by atoms with E-state index in [0.29, 0.717) is 18.3 Å². The van der Waals surface area contributed by atoms with Crippen LogP contribution in [0.15, 0.2) is 42.5 Å². The second kappa shape index (κ2) is 7.53. The van der Waals surface area contributed by atoms with Gasteiger partial charge in [-0.2, -0.15) is 0 Å². The molecule has 0 saturated carbocycles. The predicted molar refractivity (Wildman–Crippen MR) is 93.0 cm³/mol. The Bertz CT molecular complexity index is 676. The first kappa shape index (κ1) is 16.6. The average Bonchev–Trinajstić information content (AvgIpc) is 2.59. The van der Waals surface area contributed by atoms with Crippen molar-refractivity contribution in [2.75, 3.05) is 25.5 Å². The van der Waals surface area contributed by atoms with Gasteiger partial charge in [0.05, 0.1) is 7.11 Å². The van der Waals surface area contributed by atoms with Crippen molar-refractivity contribution in [3.8, 4) is 11.5 Å². The quantitative estimate of drug-likeness (QED) is 0.879. The van der Waals surface area contributed by atoms with Crippen LogP contribution < -0.4 is 10.1 Å². The van der Waals surface area contributed by atoms with E-state index in [-0.39, 0.29) is 5.82 Å². The van der Waals surface area contributed by atoms with Gasteiger partial charge in [-0.1, -0.05) is 0 Å². The van der Waals surface area contributed by atoms with E-state index in [2.05, 4.69) is 10.2 Å². The normalized spacial score (nSPS) is 18.3. The van der Waals surface area contributed by atoms with Gasteiger partial charge in [-0.25, -0.2) is 4.39 Å². The van der Waals surface area contributed by atoms with Crippen LogP contribution in [-0.2, 0) is 6.54 Å². The smallest absolute Gasteiger partial charge is 0.123 e. The Morgan fingerprint density at radius 1 is 1.25 bits per heavy atom. The Hall–Kier alpha value is -2.27. The fourth-order valence-corrected chi connectivity index (χ4v) is 3.16. The number of piperidine rings is 1. The Kier molecular flexibility index (Phi) is 5.20. The third kappa shape index (κ3) is 4.17. The lowest BCUT2D eigenvalue weighted by atomic mass is 10.0. The number of halogens is 1. The minimum atomic E-state index is -0.223. The van der Waals surface area contributed by atoms with Gasteiger partial charge in [0.15, 0.2) is 0 Å². The monoisotopic (exact) mass is 330 g/mol. The summed E-state index contributed by atoms with van der Waals surface area (Å²) in [5.74, 6) is 0.824. The molecular weight excluding hydrogens is 307 g/mol. The molecule has 1 aliphatic heterocycles. The van der Waals surface area contributed by atoms with Crippen molar-refractivity contribution in [1.82, 2.24) is 4.90 Å². The molecule has 0 spiro atoms. The molecule has 0 amide bonds. The van der Waals surface area contributed by atoms with Crippen molar-refractivity contribution >= 4 is 5.69 Å². The first-order valence-corrected chi connectivity index (χ1v) is 8.24. The molecule has 1 aliphatic rings. The van der Waals surface area contributed by atoms with Gasteiger partial charge in [-0.05, 0) is 61.9 Å². The van der Waals surface area contributed by atoms with Crippen LogP contribution in [0.1, 0.15) is 18.4 Å². The van der Waals surface area contributed by atoms with E-state index >= 15 is 0 Å². The number of ether oxygens (including phenoxy) is 1. The minimum absolute atomic E-state index is 0.223. The molecule has 24 heavy (non-hydrogen) atoms. The fraction of sp³-hybridized carbons (Fsp3) is 0.368. The molecule has 0 radical (unpaired) electrons. The number of nitrogens with zero attached hydrogens (tertiary/aromatic N) is 1. The Labute approximate surface area is 141 Å². The summed E-state index contributed by atoms with van der Waals surface area (Å²) in [6.07, 6.45) is 2.17. The maximum atomic E-state index is 13.0. The standard InChI is InChI=1S/C19H23FN2O2/c1-24-18-8-9-19(23)14(11-18)12-22-10-2-3-17(13-22)21-16-6-4-15(20)5-7-16/h4-9,11,17,21,23H,2-3,10,12-13H2,1H3/t17-/m0/s1. The maximum Gasteiger partial charge on any atom is 0.123 e. The van der Waals surface area contributed by atoms with Crippen molar-refractivity contribution in [2.45, 2.75) is 25.4 Å². The van der Waals surface area contributed by atoms with E-state index < -0.39 is 0 Å². The van der Waals surface area contributed by atoms with E-state index in [4.69, 9.17) is 4.74 Å². The predicted octanol–water partition coefficient (Wildman–Crippen LogP) is 3.62. The van der Waals surface area contributed by atoms with E-state index in [0.717, 1.165) is 42.9 Å². The lowest BCUT2D eigenvalue weighted by molar-refractivity contribution is 0.206. The number of hydrogen-bond acceptors (Lipinski definition) is 4. The highest BCUT2D eigenvalue weighted by Crippen LogP contribution is 2.26.